The lowest BCUT2D eigenvalue weighted by molar-refractivity contribution is -0.123. The van der Waals surface area contributed by atoms with Crippen LogP contribution in [0.2, 0.25) is 5.02 Å². The average molecular weight is 477 g/mol. The molecule has 7 heteroatoms. The molecule has 1 saturated heterocycles. The second-order valence-corrected chi connectivity index (χ2v) is 9.14. The number of imide groups is 1. The van der Waals surface area contributed by atoms with E-state index in [4.69, 9.17) is 11.6 Å². The highest BCUT2D eigenvalue weighted by Crippen LogP contribution is 2.35. The van der Waals surface area contributed by atoms with Crippen LogP contribution in [0.5, 0.6) is 0 Å². The van der Waals surface area contributed by atoms with Gasteiger partial charge in [0.2, 0.25) is 0 Å². The predicted molar refractivity (Wildman–Crippen MR) is 130 cm³/mol. The highest BCUT2D eigenvalue weighted by atomic mass is 35.5. The van der Waals surface area contributed by atoms with Crippen molar-refractivity contribution in [1.82, 2.24) is 9.47 Å². The molecular formula is C26H18ClFN2O2S. The topological polar surface area (TPSA) is 42.3 Å². The Morgan fingerprint density at radius 3 is 2.42 bits per heavy atom. The summed E-state index contributed by atoms with van der Waals surface area (Å²) in [5.41, 5.74) is 3.26. The maximum atomic E-state index is 14.0. The third kappa shape index (κ3) is 4.32. The summed E-state index contributed by atoms with van der Waals surface area (Å²) in [7, 11) is 0. The van der Waals surface area contributed by atoms with Crippen LogP contribution in [-0.2, 0) is 17.9 Å². The monoisotopic (exact) mass is 476 g/mol. The Kier molecular flexibility index (Phi) is 5.79. The minimum Gasteiger partial charge on any atom is -0.342 e. The Bertz CT molecular complexity index is 1410. The summed E-state index contributed by atoms with van der Waals surface area (Å²) in [6.45, 7) is 0.549. The normalized spacial score (nSPS) is 15.2. The van der Waals surface area contributed by atoms with Gasteiger partial charge < -0.3 is 4.57 Å². The lowest BCUT2D eigenvalue weighted by Gasteiger charge is -2.12. The summed E-state index contributed by atoms with van der Waals surface area (Å²) < 4.78 is 16.1. The van der Waals surface area contributed by atoms with Gasteiger partial charge in [0.1, 0.15) is 5.82 Å². The van der Waals surface area contributed by atoms with Crippen molar-refractivity contribution < 1.29 is 14.0 Å². The molecule has 164 valence electrons. The van der Waals surface area contributed by atoms with Crippen LogP contribution in [0.3, 0.4) is 0 Å². The number of carbonyl (C=O) groups excluding carboxylic acids is 2. The van der Waals surface area contributed by atoms with Crippen molar-refractivity contribution in [1.29, 1.82) is 0 Å². The Hall–Kier alpha value is -3.35. The quantitative estimate of drug-likeness (QED) is 0.300. The van der Waals surface area contributed by atoms with Gasteiger partial charge in [0, 0.05) is 39.8 Å². The number of nitrogens with zero attached hydrogens (tertiary/aromatic N) is 2. The first kappa shape index (κ1) is 21.5. The minimum atomic E-state index is -0.439. The Morgan fingerprint density at radius 1 is 0.909 bits per heavy atom. The number of amides is 2. The maximum Gasteiger partial charge on any atom is 0.293 e. The third-order valence-electron chi connectivity index (χ3n) is 5.53. The molecule has 5 rings (SSSR count). The molecule has 2 amide bonds. The molecule has 1 aliphatic heterocycles. The zero-order valence-electron chi connectivity index (χ0n) is 17.4. The Morgan fingerprint density at radius 2 is 1.64 bits per heavy atom. The molecule has 4 nitrogen and oxygen atoms in total. The average Bonchev–Trinajstić information content (AvgIpc) is 3.29. The summed E-state index contributed by atoms with van der Waals surface area (Å²) >= 11 is 6.88. The number of halogens is 2. The van der Waals surface area contributed by atoms with E-state index in [0.717, 1.165) is 38.7 Å². The molecule has 1 aliphatic rings. The van der Waals surface area contributed by atoms with Crippen LogP contribution in [-0.4, -0.2) is 20.6 Å². The van der Waals surface area contributed by atoms with E-state index in [1.165, 1.54) is 6.07 Å². The second-order valence-electron chi connectivity index (χ2n) is 7.72. The van der Waals surface area contributed by atoms with E-state index in [9.17, 15) is 14.0 Å². The zero-order chi connectivity index (χ0) is 22.9. The fourth-order valence-corrected chi connectivity index (χ4v) is 4.84. The molecule has 0 unspecified atom stereocenters. The van der Waals surface area contributed by atoms with E-state index in [1.54, 1.807) is 24.3 Å². The van der Waals surface area contributed by atoms with Gasteiger partial charge in [-0.15, -0.1) is 0 Å². The zero-order valence-corrected chi connectivity index (χ0v) is 18.9. The molecule has 0 spiro atoms. The number of carbonyl (C=O) groups is 2. The second kappa shape index (κ2) is 8.89. The van der Waals surface area contributed by atoms with Crippen LogP contribution >= 0.6 is 23.4 Å². The number of thioether (sulfide) groups is 1. The lowest BCUT2D eigenvalue weighted by atomic mass is 10.1. The summed E-state index contributed by atoms with van der Waals surface area (Å²) in [4.78, 5) is 26.9. The molecule has 4 aromatic rings. The van der Waals surface area contributed by atoms with Gasteiger partial charge in [-0.2, -0.15) is 0 Å². The fraction of sp³-hybridized carbons (Fsp3) is 0.0769. The molecule has 1 fully saturated rings. The van der Waals surface area contributed by atoms with E-state index in [2.05, 4.69) is 4.57 Å². The van der Waals surface area contributed by atoms with Gasteiger partial charge in [-0.05, 0) is 47.7 Å². The number of fused-ring (bicyclic) bond motifs is 1. The number of benzene rings is 3. The van der Waals surface area contributed by atoms with Crippen molar-refractivity contribution in [2.75, 3.05) is 0 Å². The van der Waals surface area contributed by atoms with Crippen molar-refractivity contribution in [2.45, 2.75) is 13.1 Å². The number of rotatable bonds is 5. The number of aromatic nitrogens is 1. The summed E-state index contributed by atoms with van der Waals surface area (Å²) in [5, 5.41) is 1.26. The van der Waals surface area contributed by atoms with E-state index in [0.29, 0.717) is 22.0 Å². The highest BCUT2D eigenvalue weighted by molar-refractivity contribution is 8.18. The van der Waals surface area contributed by atoms with Gasteiger partial charge in [0.15, 0.2) is 0 Å². The third-order valence-corrected chi connectivity index (χ3v) is 6.69. The highest BCUT2D eigenvalue weighted by Gasteiger charge is 2.35. The van der Waals surface area contributed by atoms with Crippen LogP contribution in [0.15, 0.2) is 83.9 Å². The summed E-state index contributed by atoms with van der Waals surface area (Å²) in [6.07, 6.45) is 3.72. The van der Waals surface area contributed by atoms with Crippen LogP contribution in [0, 0.1) is 5.82 Å². The molecule has 0 N–H and O–H groups in total. The number of hydrogen-bond donors (Lipinski definition) is 0. The van der Waals surface area contributed by atoms with Gasteiger partial charge >= 0.3 is 0 Å². The molecular weight excluding hydrogens is 459 g/mol. The summed E-state index contributed by atoms with van der Waals surface area (Å²) in [5.74, 6) is -0.853. The van der Waals surface area contributed by atoms with Crippen molar-refractivity contribution in [3.63, 3.8) is 0 Å². The standard InChI is InChI=1S/C26H18ClFN2O2S/c27-20-11-9-17(10-12-20)14-29-15-19(21-6-2-4-8-23(21)29)13-24-25(31)30(26(32)33-24)16-18-5-1-3-7-22(18)28/h1-13,15H,14,16H2/b24-13-. The van der Waals surface area contributed by atoms with Gasteiger partial charge in [-0.1, -0.05) is 60.1 Å². The first-order chi connectivity index (χ1) is 16.0. The molecule has 3 aromatic carbocycles. The molecule has 1 aromatic heterocycles. The largest absolute Gasteiger partial charge is 0.342 e. The molecule has 0 saturated carbocycles. The van der Waals surface area contributed by atoms with Crippen molar-refractivity contribution in [3.8, 4) is 0 Å². The molecule has 33 heavy (non-hydrogen) atoms. The first-order valence-corrected chi connectivity index (χ1v) is 11.5. The lowest BCUT2D eigenvalue weighted by Crippen LogP contribution is -2.27. The van der Waals surface area contributed by atoms with E-state index < -0.39 is 17.0 Å². The molecule has 0 atom stereocenters. The van der Waals surface area contributed by atoms with Crippen LogP contribution in [0.1, 0.15) is 16.7 Å². The summed E-state index contributed by atoms with van der Waals surface area (Å²) in [6, 6.07) is 21.7. The van der Waals surface area contributed by atoms with Gasteiger partial charge in [0.25, 0.3) is 11.1 Å². The van der Waals surface area contributed by atoms with Crippen LogP contribution in [0.25, 0.3) is 17.0 Å². The maximum absolute atomic E-state index is 14.0. The van der Waals surface area contributed by atoms with Gasteiger partial charge in [-0.25, -0.2) is 4.39 Å². The van der Waals surface area contributed by atoms with E-state index >= 15 is 0 Å². The van der Waals surface area contributed by atoms with E-state index in [-0.39, 0.29) is 6.54 Å². The smallest absolute Gasteiger partial charge is 0.293 e. The van der Waals surface area contributed by atoms with Crippen molar-refractivity contribution in [2.24, 2.45) is 0 Å². The van der Waals surface area contributed by atoms with E-state index in [1.807, 2.05) is 54.7 Å². The number of hydrogen-bond acceptors (Lipinski definition) is 3. The minimum absolute atomic E-state index is 0.0903. The van der Waals surface area contributed by atoms with Gasteiger partial charge in [0.05, 0.1) is 11.4 Å². The van der Waals surface area contributed by atoms with Gasteiger partial charge in [-0.3, -0.25) is 14.5 Å². The first-order valence-electron chi connectivity index (χ1n) is 10.3. The fourth-order valence-electron chi connectivity index (χ4n) is 3.88. The SMILES string of the molecule is O=C1S/C(=C\c2cn(Cc3ccc(Cl)cc3)c3ccccc23)C(=O)N1Cc1ccccc1F. The molecule has 0 bridgehead atoms. The van der Waals surface area contributed by atoms with Crippen LogP contribution in [0.4, 0.5) is 9.18 Å². The van der Waals surface area contributed by atoms with Crippen molar-refractivity contribution in [3.05, 3.63) is 111 Å². The predicted octanol–water partition coefficient (Wildman–Crippen LogP) is 6.72. The van der Waals surface area contributed by atoms with Crippen LogP contribution < -0.4 is 0 Å². The number of para-hydroxylation sites is 1. The molecule has 2 heterocycles. The van der Waals surface area contributed by atoms with Crippen molar-refractivity contribution >= 4 is 51.5 Å². The Balaban J connectivity index is 1.46. The Labute approximate surface area is 199 Å². The molecule has 0 radical (unpaired) electrons. The molecule has 0 aliphatic carbocycles.